The van der Waals surface area contributed by atoms with E-state index in [9.17, 15) is 13.2 Å². The van der Waals surface area contributed by atoms with Gasteiger partial charge >= 0.3 is 6.18 Å². The first-order chi connectivity index (χ1) is 8.76. The molecule has 0 radical (unpaired) electrons. The molecule has 0 unspecified atom stereocenters. The molecule has 0 aliphatic heterocycles. The molecule has 0 aromatic carbocycles. The van der Waals surface area contributed by atoms with Crippen LogP contribution in [0.3, 0.4) is 0 Å². The highest BCUT2D eigenvalue weighted by atomic mass is 19.4. The van der Waals surface area contributed by atoms with Crippen LogP contribution in [0.5, 0.6) is 0 Å². The van der Waals surface area contributed by atoms with Gasteiger partial charge in [0.1, 0.15) is 0 Å². The molecule has 108 valence electrons. The third kappa shape index (κ3) is 7.12. The van der Waals surface area contributed by atoms with E-state index in [-0.39, 0.29) is 6.54 Å². The molecule has 0 aliphatic carbocycles. The van der Waals surface area contributed by atoms with Gasteiger partial charge in [0, 0.05) is 25.3 Å². The quantitative estimate of drug-likeness (QED) is 0.865. The van der Waals surface area contributed by atoms with Crippen LogP contribution in [0.25, 0.3) is 0 Å². The first-order valence-corrected chi connectivity index (χ1v) is 6.19. The van der Waals surface area contributed by atoms with Crippen LogP contribution >= 0.6 is 0 Å². The number of aromatic nitrogens is 1. The van der Waals surface area contributed by atoms with Gasteiger partial charge in [-0.2, -0.15) is 13.2 Å². The van der Waals surface area contributed by atoms with Gasteiger partial charge in [-0.1, -0.05) is 19.9 Å². The molecule has 1 rings (SSSR count). The van der Waals surface area contributed by atoms with E-state index in [0.29, 0.717) is 18.3 Å². The second kappa shape index (κ2) is 6.86. The maximum atomic E-state index is 12.2. The van der Waals surface area contributed by atoms with Crippen LogP contribution in [-0.4, -0.2) is 35.7 Å². The third-order valence-electron chi connectivity index (χ3n) is 2.48. The Morgan fingerprint density at radius 2 is 2.00 bits per heavy atom. The molecule has 3 nitrogen and oxygen atoms in total. The molecule has 0 amide bonds. The minimum absolute atomic E-state index is 0.192. The molecule has 6 heteroatoms. The van der Waals surface area contributed by atoms with Crippen molar-refractivity contribution in [2.45, 2.75) is 39.2 Å². The van der Waals surface area contributed by atoms with Crippen molar-refractivity contribution in [1.82, 2.24) is 15.2 Å². The molecule has 0 aliphatic rings. The third-order valence-corrected chi connectivity index (χ3v) is 2.48. The number of nitrogens with one attached hydrogen (secondary N) is 1. The number of halogens is 3. The number of alkyl halides is 3. The van der Waals surface area contributed by atoms with Crippen LogP contribution in [0.1, 0.15) is 25.1 Å². The monoisotopic (exact) mass is 275 g/mol. The topological polar surface area (TPSA) is 28.2 Å². The zero-order chi connectivity index (χ0) is 14.5. The van der Waals surface area contributed by atoms with Crippen LogP contribution in [0.15, 0.2) is 18.3 Å². The summed E-state index contributed by atoms with van der Waals surface area (Å²) in [5.74, 6) is 0. The molecule has 19 heavy (non-hydrogen) atoms. The average Bonchev–Trinajstić information content (AvgIpc) is 2.25. The summed E-state index contributed by atoms with van der Waals surface area (Å²) in [6.07, 6.45) is -2.47. The fourth-order valence-corrected chi connectivity index (χ4v) is 1.61. The van der Waals surface area contributed by atoms with Gasteiger partial charge in [0.05, 0.1) is 12.2 Å². The van der Waals surface area contributed by atoms with Gasteiger partial charge in [-0.15, -0.1) is 0 Å². The molecule has 0 saturated carbocycles. The molecule has 1 aromatic heterocycles. The zero-order valence-corrected chi connectivity index (χ0v) is 11.5. The number of pyridine rings is 1. The van der Waals surface area contributed by atoms with Crippen LogP contribution in [0.2, 0.25) is 0 Å². The van der Waals surface area contributed by atoms with E-state index in [1.54, 1.807) is 12.3 Å². The predicted octanol–water partition coefficient (Wildman–Crippen LogP) is 2.57. The van der Waals surface area contributed by atoms with E-state index in [1.165, 1.54) is 11.9 Å². The van der Waals surface area contributed by atoms with Crippen molar-refractivity contribution in [3.63, 3.8) is 0 Å². The van der Waals surface area contributed by atoms with Gasteiger partial charge in [-0.25, -0.2) is 0 Å². The SMILES string of the molecule is CC(C)NCc1ccc(CN(C)CC(F)(F)F)nc1. The summed E-state index contributed by atoms with van der Waals surface area (Å²) in [5, 5.41) is 3.25. The second-order valence-corrected chi connectivity index (χ2v) is 4.98. The van der Waals surface area contributed by atoms with E-state index in [2.05, 4.69) is 10.3 Å². The summed E-state index contributed by atoms with van der Waals surface area (Å²) in [6, 6.07) is 4.04. The lowest BCUT2D eigenvalue weighted by Gasteiger charge is -2.18. The molecule has 1 N–H and O–H groups in total. The van der Waals surface area contributed by atoms with Gasteiger partial charge in [-0.3, -0.25) is 9.88 Å². The molecule has 1 heterocycles. The summed E-state index contributed by atoms with van der Waals surface area (Å²) in [7, 11) is 1.43. The molecule has 0 atom stereocenters. The van der Waals surface area contributed by atoms with Gasteiger partial charge in [0.15, 0.2) is 0 Å². The van der Waals surface area contributed by atoms with Crippen molar-refractivity contribution in [2.75, 3.05) is 13.6 Å². The zero-order valence-electron chi connectivity index (χ0n) is 11.5. The Kier molecular flexibility index (Phi) is 5.75. The van der Waals surface area contributed by atoms with Crippen molar-refractivity contribution in [3.8, 4) is 0 Å². The Labute approximate surface area is 111 Å². The van der Waals surface area contributed by atoms with Crippen LogP contribution in [-0.2, 0) is 13.1 Å². The maximum absolute atomic E-state index is 12.2. The van der Waals surface area contributed by atoms with E-state index in [1.807, 2.05) is 19.9 Å². The Hall–Kier alpha value is -1.14. The number of hydrogen-bond donors (Lipinski definition) is 1. The predicted molar refractivity (Wildman–Crippen MR) is 68.6 cm³/mol. The van der Waals surface area contributed by atoms with Crippen molar-refractivity contribution < 1.29 is 13.2 Å². The highest BCUT2D eigenvalue weighted by Crippen LogP contribution is 2.16. The van der Waals surface area contributed by atoms with Crippen molar-refractivity contribution >= 4 is 0 Å². The maximum Gasteiger partial charge on any atom is 0.401 e. The van der Waals surface area contributed by atoms with E-state index >= 15 is 0 Å². The molecule has 0 spiro atoms. The van der Waals surface area contributed by atoms with Gasteiger partial charge in [-0.05, 0) is 18.7 Å². The van der Waals surface area contributed by atoms with Crippen LogP contribution in [0, 0.1) is 0 Å². The van der Waals surface area contributed by atoms with Crippen molar-refractivity contribution in [2.24, 2.45) is 0 Å². The Balaban J connectivity index is 2.48. The summed E-state index contributed by atoms with van der Waals surface area (Å²) >= 11 is 0. The first kappa shape index (κ1) is 15.9. The highest BCUT2D eigenvalue weighted by molar-refractivity contribution is 5.14. The van der Waals surface area contributed by atoms with Crippen molar-refractivity contribution in [3.05, 3.63) is 29.6 Å². The van der Waals surface area contributed by atoms with Crippen LogP contribution < -0.4 is 5.32 Å². The molecule has 0 bridgehead atoms. The van der Waals surface area contributed by atoms with Crippen molar-refractivity contribution in [1.29, 1.82) is 0 Å². The number of nitrogens with zero attached hydrogens (tertiary/aromatic N) is 2. The van der Waals surface area contributed by atoms with Gasteiger partial charge in [0.25, 0.3) is 0 Å². The number of rotatable bonds is 6. The van der Waals surface area contributed by atoms with Gasteiger partial charge in [0.2, 0.25) is 0 Å². The molecule has 0 fully saturated rings. The minimum atomic E-state index is -4.17. The lowest BCUT2D eigenvalue weighted by atomic mass is 10.2. The lowest BCUT2D eigenvalue weighted by Crippen LogP contribution is -2.30. The van der Waals surface area contributed by atoms with E-state index in [0.717, 1.165) is 5.56 Å². The molecular formula is C13H20F3N3. The summed E-state index contributed by atoms with van der Waals surface area (Å²) in [5.41, 5.74) is 1.66. The molecular weight excluding hydrogens is 255 g/mol. The Bertz CT molecular complexity index is 374. The number of hydrogen-bond acceptors (Lipinski definition) is 3. The average molecular weight is 275 g/mol. The summed E-state index contributed by atoms with van der Waals surface area (Å²) < 4.78 is 36.5. The molecule has 1 aromatic rings. The Morgan fingerprint density at radius 3 is 2.47 bits per heavy atom. The fourth-order valence-electron chi connectivity index (χ4n) is 1.61. The van der Waals surface area contributed by atoms with E-state index in [4.69, 9.17) is 0 Å². The molecule has 0 saturated heterocycles. The first-order valence-electron chi connectivity index (χ1n) is 6.19. The van der Waals surface area contributed by atoms with Gasteiger partial charge < -0.3 is 5.32 Å². The Morgan fingerprint density at radius 1 is 1.32 bits per heavy atom. The summed E-state index contributed by atoms with van der Waals surface area (Å²) in [4.78, 5) is 5.38. The summed E-state index contributed by atoms with van der Waals surface area (Å²) in [6.45, 7) is 4.08. The highest BCUT2D eigenvalue weighted by Gasteiger charge is 2.29. The standard InChI is InChI=1S/C13H20F3N3/c1-10(2)17-6-11-4-5-12(18-7-11)8-19(3)9-13(14,15)16/h4-5,7,10,17H,6,8-9H2,1-3H3. The fraction of sp³-hybridized carbons (Fsp3) is 0.615. The minimum Gasteiger partial charge on any atom is -0.310 e. The normalized spacial score (nSPS) is 12.4. The largest absolute Gasteiger partial charge is 0.401 e. The lowest BCUT2D eigenvalue weighted by molar-refractivity contribution is -0.144. The smallest absolute Gasteiger partial charge is 0.310 e. The van der Waals surface area contributed by atoms with E-state index < -0.39 is 12.7 Å². The second-order valence-electron chi connectivity index (χ2n) is 4.98. The van der Waals surface area contributed by atoms with Crippen LogP contribution in [0.4, 0.5) is 13.2 Å².